The number of hydrogen-bond donors (Lipinski definition) is 1. The van der Waals surface area contributed by atoms with Crippen LogP contribution in [0, 0.1) is 47.3 Å². The van der Waals surface area contributed by atoms with E-state index in [2.05, 4.69) is 19.1 Å². The summed E-state index contributed by atoms with van der Waals surface area (Å²) in [6, 6.07) is 0. The standard InChI is InChI=1S/C17H24O2/c1-2-11-12(5-6-15(18)19)14-8-13(11)16-9-3-4-10(7-9)17(14)16/h3-4,9-14,16-17H,2,5-8H2,1H3,(H,18,19). The Morgan fingerprint density at radius 2 is 1.74 bits per heavy atom. The molecule has 0 aromatic heterocycles. The molecule has 8 unspecified atom stereocenters. The van der Waals surface area contributed by atoms with E-state index in [-0.39, 0.29) is 0 Å². The first-order valence-corrected chi connectivity index (χ1v) is 8.10. The van der Waals surface area contributed by atoms with Crippen LogP contribution < -0.4 is 0 Å². The Hall–Kier alpha value is -0.790. The summed E-state index contributed by atoms with van der Waals surface area (Å²) in [5, 5.41) is 8.98. The number of allylic oxidation sites excluding steroid dienone is 2. The van der Waals surface area contributed by atoms with Gasteiger partial charge in [-0.15, -0.1) is 0 Å². The maximum Gasteiger partial charge on any atom is 0.303 e. The quantitative estimate of drug-likeness (QED) is 0.619. The van der Waals surface area contributed by atoms with Crippen LogP contribution in [0.5, 0.6) is 0 Å². The lowest BCUT2D eigenvalue weighted by Crippen LogP contribution is -2.37. The number of fused-ring (bicyclic) bond motifs is 9. The highest BCUT2D eigenvalue weighted by Crippen LogP contribution is 2.69. The topological polar surface area (TPSA) is 37.3 Å². The van der Waals surface area contributed by atoms with Gasteiger partial charge in [0, 0.05) is 6.42 Å². The molecule has 4 bridgehead atoms. The Kier molecular flexibility index (Phi) is 2.59. The molecule has 0 radical (unpaired) electrons. The van der Waals surface area contributed by atoms with Crippen molar-refractivity contribution in [1.29, 1.82) is 0 Å². The maximum atomic E-state index is 10.9. The van der Waals surface area contributed by atoms with E-state index in [0.717, 1.165) is 47.8 Å². The van der Waals surface area contributed by atoms with Gasteiger partial charge in [0.25, 0.3) is 0 Å². The van der Waals surface area contributed by atoms with Crippen molar-refractivity contribution in [2.24, 2.45) is 47.3 Å². The number of carbonyl (C=O) groups is 1. The Morgan fingerprint density at radius 3 is 2.32 bits per heavy atom. The van der Waals surface area contributed by atoms with E-state index in [1.165, 1.54) is 19.3 Å². The molecule has 0 heterocycles. The molecule has 0 aromatic carbocycles. The van der Waals surface area contributed by atoms with E-state index in [1.807, 2.05) is 0 Å². The third-order valence-corrected chi connectivity index (χ3v) is 6.93. The molecule has 1 N–H and O–H groups in total. The summed E-state index contributed by atoms with van der Waals surface area (Å²) in [6.45, 7) is 2.32. The second-order valence-corrected chi connectivity index (χ2v) is 7.33. The minimum Gasteiger partial charge on any atom is -0.481 e. The Bertz CT molecular complexity index is 427. The molecule has 3 fully saturated rings. The first-order chi connectivity index (χ1) is 9.20. The van der Waals surface area contributed by atoms with Gasteiger partial charge in [-0.2, -0.15) is 0 Å². The average molecular weight is 260 g/mol. The van der Waals surface area contributed by atoms with Gasteiger partial charge in [-0.1, -0.05) is 25.5 Å². The summed E-state index contributed by atoms with van der Waals surface area (Å²) in [6.07, 6.45) is 10.4. The van der Waals surface area contributed by atoms with Gasteiger partial charge in [-0.25, -0.2) is 0 Å². The normalized spacial score (nSPS) is 52.9. The molecule has 8 atom stereocenters. The van der Waals surface area contributed by atoms with Crippen molar-refractivity contribution < 1.29 is 9.90 Å². The van der Waals surface area contributed by atoms with Crippen LogP contribution in [-0.2, 0) is 4.79 Å². The van der Waals surface area contributed by atoms with Crippen molar-refractivity contribution in [2.45, 2.75) is 39.0 Å². The average Bonchev–Trinajstić information content (AvgIpc) is 3.11. The second-order valence-electron chi connectivity index (χ2n) is 7.33. The number of carboxylic acids is 1. The first kappa shape index (κ1) is 12.0. The summed E-state index contributed by atoms with van der Waals surface area (Å²) in [7, 11) is 0. The zero-order valence-electron chi connectivity index (χ0n) is 11.7. The highest BCUT2D eigenvalue weighted by Gasteiger charge is 2.63. The van der Waals surface area contributed by atoms with Crippen molar-refractivity contribution >= 4 is 5.97 Å². The Balaban J connectivity index is 1.58. The molecule has 0 saturated heterocycles. The van der Waals surface area contributed by atoms with Crippen LogP contribution in [0.4, 0.5) is 0 Å². The van der Waals surface area contributed by atoms with Gasteiger partial charge >= 0.3 is 5.97 Å². The van der Waals surface area contributed by atoms with E-state index in [0.29, 0.717) is 12.3 Å². The zero-order chi connectivity index (χ0) is 13.1. The molecule has 3 saturated carbocycles. The van der Waals surface area contributed by atoms with Crippen LogP contribution in [0.2, 0.25) is 0 Å². The fourth-order valence-electron chi connectivity index (χ4n) is 6.61. The number of hydrogen-bond acceptors (Lipinski definition) is 1. The third-order valence-electron chi connectivity index (χ3n) is 6.93. The molecule has 2 nitrogen and oxygen atoms in total. The van der Waals surface area contributed by atoms with Gasteiger partial charge in [-0.05, 0) is 66.6 Å². The van der Waals surface area contributed by atoms with Gasteiger partial charge in [0.05, 0.1) is 0 Å². The number of aliphatic carboxylic acids is 1. The molecule has 104 valence electrons. The van der Waals surface area contributed by atoms with Crippen molar-refractivity contribution in [3.63, 3.8) is 0 Å². The van der Waals surface area contributed by atoms with E-state index < -0.39 is 5.97 Å². The Labute approximate surface area is 115 Å². The maximum absolute atomic E-state index is 10.9. The summed E-state index contributed by atoms with van der Waals surface area (Å²) >= 11 is 0. The molecule has 0 spiro atoms. The van der Waals surface area contributed by atoms with Gasteiger partial charge in [0.2, 0.25) is 0 Å². The fourth-order valence-corrected chi connectivity index (χ4v) is 6.61. The van der Waals surface area contributed by atoms with E-state index in [9.17, 15) is 4.79 Å². The lowest BCUT2D eigenvalue weighted by atomic mass is 9.63. The second kappa shape index (κ2) is 4.10. The highest BCUT2D eigenvalue weighted by atomic mass is 16.4. The molecule has 0 aromatic rings. The highest BCUT2D eigenvalue weighted by molar-refractivity contribution is 5.66. The zero-order valence-corrected chi connectivity index (χ0v) is 11.7. The summed E-state index contributed by atoms with van der Waals surface area (Å²) in [5.41, 5.74) is 0. The number of carboxylic acid groups (broad SMARTS) is 1. The van der Waals surface area contributed by atoms with Gasteiger partial charge in [-0.3, -0.25) is 4.79 Å². The van der Waals surface area contributed by atoms with Gasteiger partial charge < -0.3 is 5.11 Å². The van der Waals surface area contributed by atoms with Crippen molar-refractivity contribution in [2.75, 3.05) is 0 Å². The summed E-state index contributed by atoms with van der Waals surface area (Å²) in [5.74, 6) is 6.28. The molecule has 0 aliphatic heterocycles. The van der Waals surface area contributed by atoms with Gasteiger partial charge in [0.15, 0.2) is 0 Å². The fraction of sp³-hybridized carbons (Fsp3) is 0.824. The molecule has 19 heavy (non-hydrogen) atoms. The molecule has 0 amide bonds. The van der Waals surface area contributed by atoms with Crippen molar-refractivity contribution in [3.8, 4) is 0 Å². The van der Waals surface area contributed by atoms with Crippen LogP contribution in [0.15, 0.2) is 12.2 Å². The lowest BCUT2D eigenvalue weighted by molar-refractivity contribution is -0.137. The van der Waals surface area contributed by atoms with Crippen LogP contribution >= 0.6 is 0 Å². The van der Waals surface area contributed by atoms with Crippen molar-refractivity contribution in [3.05, 3.63) is 12.2 Å². The molecular formula is C17H24O2. The largest absolute Gasteiger partial charge is 0.481 e. The molecule has 4 rings (SSSR count). The minimum absolute atomic E-state index is 0.381. The van der Waals surface area contributed by atoms with Crippen LogP contribution in [0.3, 0.4) is 0 Å². The third kappa shape index (κ3) is 1.52. The summed E-state index contributed by atoms with van der Waals surface area (Å²) in [4.78, 5) is 10.9. The monoisotopic (exact) mass is 260 g/mol. The first-order valence-electron chi connectivity index (χ1n) is 8.10. The van der Waals surface area contributed by atoms with Crippen LogP contribution in [0.1, 0.15) is 39.0 Å². The van der Waals surface area contributed by atoms with E-state index in [4.69, 9.17) is 5.11 Å². The van der Waals surface area contributed by atoms with Crippen LogP contribution in [0.25, 0.3) is 0 Å². The van der Waals surface area contributed by atoms with E-state index in [1.54, 1.807) is 0 Å². The van der Waals surface area contributed by atoms with Crippen LogP contribution in [-0.4, -0.2) is 11.1 Å². The summed E-state index contributed by atoms with van der Waals surface area (Å²) < 4.78 is 0. The predicted molar refractivity (Wildman–Crippen MR) is 73.5 cm³/mol. The molecule has 4 aliphatic rings. The Morgan fingerprint density at radius 1 is 1.11 bits per heavy atom. The minimum atomic E-state index is -0.609. The molecule has 4 aliphatic carbocycles. The van der Waals surface area contributed by atoms with Gasteiger partial charge in [0.1, 0.15) is 0 Å². The SMILES string of the molecule is CCC1C(CCC(=O)O)C2CC1C1C3C=CC(C3)C21. The molecular weight excluding hydrogens is 236 g/mol. The molecule has 2 heteroatoms. The lowest BCUT2D eigenvalue weighted by Gasteiger charge is -2.41. The van der Waals surface area contributed by atoms with E-state index >= 15 is 0 Å². The number of rotatable bonds is 4. The van der Waals surface area contributed by atoms with Crippen molar-refractivity contribution in [1.82, 2.24) is 0 Å². The predicted octanol–water partition coefficient (Wildman–Crippen LogP) is 3.58. The smallest absolute Gasteiger partial charge is 0.303 e.